The predicted molar refractivity (Wildman–Crippen MR) is 101 cm³/mol. The van der Waals surface area contributed by atoms with Gasteiger partial charge in [-0.05, 0) is 69.3 Å². The summed E-state index contributed by atoms with van der Waals surface area (Å²) in [6.07, 6.45) is 17.8. The minimum absolute atomic E-state index is 0.0853. The van der Waals surface area contributed by atoms with Gasteiger partial charge in [-0.2, -0.15) is 0 Å². The van der Waals surface area contributed by atoms with Gasteiger partial charge in [0.15, 0.2) is 0 Å². The molecule has 144 valence electrons. The van der Waals surface area contributed by atoms with Gasteiger partial charge in [0.2, 0.25) is 0 Å². The molecule has 3 nitrogen and oxygen atoms in total. The van der Waals surface area contributed by atoms with Crippen molar-refractivity contribution in [2.45, 2.75) is 89.4 Å². The molecule has 4 aliphatic carbocycles. The van der Waals surface area contributed by atoms with Gasteiger partial charge in [-0.1, -0.05) is 32.1 Å². The Labute approximate surface area is 157 Å². The second kappa shape index (κ2) is 5.46. The fourth-order valence-corrected chi connectivity index (χ4v) is 7.89. The Balaban J connectivity index is 1.55. The Kier molecular flexibility index (Phi) is 3.66. The van der Waals surface area contributed by atoms with Crippen LogP contribution in [-0.2, 0) is 9.78 Å². The van der Waals surface area contributed by atoms with Gasteiger partial charge in [-0.25, -0.2) is 9.78 Å². The zero-order valence-corrected chi connectivity index (χ0v) is 16.5. The summed E-state index contributed by atoms with van der Waals surface area (Å²) in [5.41, 5.74) is -0.252. The number of hydrogen-bond donors (Lipinski definition) is 1. The topological polar surface area (TPSA) is 38.7 Å². The molecule has 6 aliphatic rings. The molecule has 2 aliphatic heterocycles. The maximum atomic E-state index is 10.3. The van der Waals surface area contributed by atoms with Crippen molar-refractivity contribution < 1.29 is 14.9 Å². The summed E-state index contributed by atoms with van der Waals surface area (Å²) in [5.74, 6) is 1.81. The van der Waals surface area contributed by atoms with Gasteiger partial charge in [-0.3, -0.25) is 0 Å². The van der Waals surface area contributed by atoms with Crippen LogP contribution in [0.15, 0.2) is 24.3 Å². The molecule has 2 bridgehead atoms. The van der Waals surface area contributed by atoms with Gasteiger partial charge in [-0.15, -0.1) is 0 Å². The van der Waals surface area contributed by atoms with Gasteiger partial charge in [0.1, 0.15) is 11.2 Å². The van der Waals surface area contributed by atoms with E-state index < -0.39 is 5.60 Å². The van der Waals surface area contributed by atoms with Gasteiger partial charge in [0.25, 0.3) is 0 Å². The largest absolute Gasteiger partial charge is 0.393 e. The Morgan fingerprint density at radius 2 is 1.88 bits per heavy atom. The zero-order chi connectivity index (χ0) is 18.2. The molecule has 2 heterocycles. The first-order chi connectivity index (χ1) is 12.4. The van der Waals surface area contributed by atoms with Crippen molar-refractivity contribution in [2.24, 2.45) is 28.6 Å². The van der Waals surface area contributed by atoms with Crippen molar-refractivity contribution in [3.63, 3.8) is 0 Å². The van der Waals surface area contributed by atoms with Crippen LogP contribution < -0.4 is 0 Å². The molecule has 3 saturated carbocycles. The van der Waals surface area contributed by atoms with E-state index in [2.05, 4.69) is 45.1 Å². The van der Waals surface area contributed by atoms with E-state index in [9.17, 15) is 5.11 Å². The highest BCUT2D eigenvalue weighted by Crippen LogP contribution is 2.72. The van der Waals surface area contributed by atoms with E-state index in [-0.39, 0.29) is 17.1 Å². The summed E-state index contributed by atoms with van der Waals surface area (Å²) in [6, 6.07) is 0. The summed E-state index contributed by atoms with van der Waals surface area (Å²) in [4.78, 5) is 12.6. The monoisotopic (exact) mass is 358 g/mol. The standard InChI is InChI=1S/C23H34O3/c1-4-5-6-16-7-8-18-20(16,2)11-10-19-21(3)12-9-17(24)15-22(21)13-14-23(18,19)26-25-22/h4-5,13-14,16-19,24H,6-12,15H2,1-3H3/b5-4+/t16?,17?,18?,19?,20?,21?,22-,23+/m1/s1. The summed E-state index contributed by atoms with van der Waals surface area (Å²) in [5, 5.41) is 10.3. The van der Waals surface area contributed by atoms with Crippen LogP contribution in [0.5, 0.6) is 0 Å². The first-order valence-corrected chi connectivity index (χ1v) is 10.8. The van der Waals surface area contributed by atoms with Crippen molar-refractivity contribution in [2.75, 3.05) is 0 Å². The predicted octanol–water partition coefficient (Wildman–Crippen LogP) is 4.96. The van der Waals surface area contributed by atoms with Gasteiger partial charge in [0, 0.05) is 23.7 Å². The molecule has 1 saturated heterocycles. The normalized spacial score (nSPS) is 57.8. The number of fused-ring (bicyclic) bond motifs is 2. The molecule has 1 N–H and O–H groups in total. The highest BCUT2D eigenvalue weighted by molar-refractivity contribution is 5.33. The van der Waals surface area contributed by atoms with Crippen molar-refractivity contribution >= 4 is 0 Å². The lowest BCUT2D eigenvalue weighted by molar-refractivity contribution is -0.497. The third-order valence-corrected chi connectivity index (χ3v) is 9.47. The number of aliphatic hydroxyl groups excluding tert-OH is 1. The Morgan fingerprint density at radius 3 is 2.62 bits per heavy atom. The van der Waals surface area contributed by atoms with Crippen LogP contribution in [0, 0.1) is 28.6 Å². The minimum atomic E-state index is -0.423. The molecule has 0 radical (unpaired) electrons. The Morgan fingerprint density at radius 1 is 1.04 bits per heavy atom. The fraction of sp³-hybridized carbons (Fsp3) is 0.826. The number of rotatable bonds is 2. The van der Waals surface area contributed by atoms with E-state index in [0.29, 0.717) is 23.7 Å². The molecule has 0 amide bonds. The minimum Gasteiger partial charge on any atom is -0.393 e. The molecule has 3 heteroatoms. The number of allylic oxidation sites excluding steroid dienone is 2. The summed E-state index contributed by atoms with van der Waals surface area (Å²) in [7, 11) is 0. The molecule has 8 atom stereocenters. The van der Waals surface area contributed by atoms with Crippen LogP contribution in [0.4, 0.5) is 0 Å². The van der Waals surface area contributed by atoms with Gasteiger partial charge < -0.3 is 5.11 Å². The van der Waals surface area contributed by atoms with Crippen LogP contribution in [0.25, 0.3) is 0 Å². The van der Waals surface area contributed by atoms with Crippen molar-refractivity contribution in [3.05, 3.63) is 24.3 Å². The fourth-order valence-electron chi connectivity index (χ4n) is 7.89. The molecular formula is C23H34O3. The average molecular weight is 359 g/mol. The van der Waals surface area contributed by atoms with Crippen LogP contribution in [0.3, 0.4) is 0 Å². The maximum absolute atomic E-state index is 10.3. The molecule has 0 aromatic carbocycles. The first kappa shape index (κ1) is 17.5. The van der Waals surface area contributed by atoms with E-state index >= 15 is 0 Å². The SMILES string of the molecule is C/C=C/CC1CCC2C1(C)CCC1C3(C)CCC(O)C[C@]34C=C[C@]21OO4. The zero-order valence-electron chi connectivity index (χ0n) is 16.5. The third kappa shape index (κ3) is 1.90. The summed E-state index contributed by atoms with van der Waals surface area (Å²) < 4.78 is 0. The molecule has 6 rings (SSSR count). The lowest BCUT2D eigenvalue weighted by Gasteiger charge is -2.69. The lowest BCUT2D eigenvalue weighted by atomic mass is 9.43. The van der Waals surface area contributed by atoms with E-state index in [1.807, 2.05) is 0 Å². The molecule has 2 spiro atoms. The number of aliphatic hydroxyl groups is 1. The highest BCUT2D eigenvalue weighted by Gasteiger charge is 2.74. The van der Waals surface area contributed by atoms with Gasteiger partial charge >= 0.3 is 0 Å². The van der Waals surface area contributed by atoms with E-state index in [4.69, 9.17) is 9.78 Å². The third-order valence-electron chi connectivity index (χ3n) is 9.47. The summed E-state index contributed by atoms with van der Waals surface area (Å²) in [6.45, 7) is 7.06. The van der Waals surface area contributed by atoms with Crippen LogP contribution >= 0.6 is 0 Å². The molecular weight excluding hydrogens is 324 g/mol. The lowest BCUT2D eigenvalue weighted by Crippen LogP contribution is -2.73. The molecule has 0 aromatic heterocycles. The average Bonchev–Trinajstić information content (AvgIpc) is 2.97. The highest BCUT2D eigenvalue weighted by atomic mass is 17.2. The van der Waals surface area contributed by atoms with Crippen molar-refractivity contribution in [3.8, 4) is 0 Å². The Bertz CT molecular complexity index is 656. The van der Waals surface area contributed by atoms with Crippen LogP contribution in [0.2, 0.25) is 0 Å². The quantitative estimate of drug-likeness (QED) is 0.560. The molecule has 6 unspecified atom stereocenters. The van der Waals surface area contributed by atoms with E-state index in [0.717, 1.165) is 18.8 Å². The van der Waals surface area contributed by atoms with Crippen LogP contribution in [-0.4, -0.2) is 22.4 Å². The number of hydrogen-bond acceptors (Lipinski definition) is 3. The first-order valence-electron chi connectivity index (χ1n) is 10.8. The molecule has 4 fully saturated rings. The second-order valence-electron chi connectivity index (χ2n) is 10.3. The van der Waals surface area contributed by atoms with E-state index in [1.54, 1.807) is 0 Å². The smallest absolute Gasteiger partial charge is 0.130 e. The summed E-state index contributed by atoms with van der Waals surface area (Å²) >= 11 is 0. The van der Waals surface area contributed by atoms with Crippen molar-refractivity contribution in [1.82, 2.24) is 0 Å². The Hall–Kier alpha value is -0.640. The maximum Gasteiger partial charge on any atom is 0.130 e. The van der Waals surface area contributed by atoms with Gasteiger partial charge in [0.05, 0.1) is 6.10 Å². The van der Waals surface area contributed by atoms with Crippen LogP contribution in [0.1, 0.15) is 72.1 Å². The van der Waals surface area contributed by atoms with Crippen molar-refractivity contribution in [1.29, 1.82) is 0 Å². The molecule has 26 heavy (non-hydrogen) atoms. The van der Waals surface area contributed by atoms with E-state index in [1.165, 1.54) is 32.1 Å². The second-order valence-corrected chi connectivity index (χ2v) is 10.3. The molecule has 0 aromatic rings.